The molecule has 0 aliphatic carbocycles. The summed E-state index contributed by atoms with van der Waals surface area (Å²) >= 11 is 8.83. The van der Waals surface area contributed by atoms with Crippen LogP contribution in [-0.4, -0.2) is 4.98 Å². The maximum Gasteiger partial charge on any atom is 0.257 e. The zero-order chi connectivity index (χ0) is 10.3. The molecule has 0 bridgehead atoms. The van der Waals surface area contributed by atoms with Gasteiger partial charge in [-0.25, -0.2) is 4.39 Å². The molecule has 1 N–H and O–H groups in total. The van der Waals surface area contributed by atoms with Gasteiger partial charge in [0.05, 0.1) is 5.39 Å². The summed E-state index contributed by atoms with van der Waals surface area (Å²) in [6.45, 7) is 0. The first kappa shape index (κ1) is 9.68. The van der Waals surface area contributed by atoms with Gasteiger partial charge in [-0.1, -0.05) is 27.5 Å². The molecule has 0 aliphatic rings. The first-order valence-electron chi connectivity index (χ1n) is 3.75. The molecule has 0 fully saturated rings. The Balaban J connectivity index is 3.02. The summed E-state index contributed by atoms with van der Waals surface area (Å²) in [6.07, 6.45) is 0. The summed E-state index contributed by atoms with van der Waals surface area (Å²) in [5, 5.41) is 1.11. The highest BCUT2D eigenvalue weighted by molar-refractivity contribution is 9.10. The Morgan fingerprint density at radius 3 is 2.71 bits per heavy atom. The van der Waals surface area contributed by atoms with E-state index in [1.54, 1.807) is 6.07 Å². The summed E-state index contributed by atoms with van der Waals surface area (Å²) in [4.78, 5) is 13.8. The second-order valence-electron chi connectivity index (χ2n) is 2.80. The van der Waals surface area contributed by atoms with Crippen molar-refractivity contribution in [3.63, 3.8) is 0 Å². The molecule has 0 amide bonds. The number of rotatable bonds is 0. The predicted molar refractivity (Wildman–Crippen MR) is 57.2 cm³/mol. The highest BCUT2D eigenvalue weighted by Gasteiger charge is 2.06. The molecule has 1 aromatic carbocycles. The summed E-state index contributed by atoms with van der Waals surface area (Å²) in [5.41, 5.74) is -0.396. The average Bonchev–Trinajstić information content (AvgIpc) is 2.07. The van der Waals surface area contributed by atoms with Gasteiger partial charge in [0.2, 0.25) is 0 Å². The Kier molecular flexibility index (Phi) is 2.33. The minimum absolute atomic E-state index is 0.231. The quantitative estimate of drug-likeness (QED) is 0.737. The van der Waals surface area contributed by atoms with Gasteiger partial charge in [0.1, 0.15) is 11.0 Å². The molecule has 2 rings (SSSR count). The molecule has 0 aliphatic heterocycles. The van der Waals surface area contributed by atoms with Gasteiger partial charge < -0.3 is 4.98 Å². The topological polar surface area (TPSA) is 32.9 Å². The number of benzene rings is 1. The van der Waals surface area contributed by atoms with Gasteiger partial charge in [-0.2, -0.15) is 0 Å². The van der Waals surface area contributed by atoms with Crippen molar-refractivity contribution in [1.29, 1.82) is 0 Å². The fourth-order valence-electron chi connectivity index (χ4n) is 1.26. The van der Waals surface area contributed by atoms with Gasteiger partial charge in [-0.15, -0.1) is 0 Å². The van der Waals surface area contributed by atoms with Crippen LogP contribution in [0.5, 0.6) is 0 Å². The summed E-state index contributed by atoms with van der Waals surface area (Å²) < 4.78 is 13.5. The van der Waals surface area contributed by atoms with E-state index in [0.29, 0.717) is 9.86 Å². The van der Waals surface area contributed by atoms with Crippen molar-refractivity contribution in [3.8, 4) is 0 Å². The van der Waals surface area contributed by atoms with E-state index in [4.69, 9.17) is 11.6 Å². The first-order valence-corrected chi connectivity index (χ1v) is 4.92. The fraction of sp³-hybridized carbons (Fsp3) is 0. The Hall–Kier alpha value is -0.870. The van der Waals surface area contributed by atoms with Gasteiger partial charge in [0, 0.05) is 9.86 Å². The smallest absolute Gasteiger partial charge is 0.257 e. The largest absolute Gasteiger partial charge is 0.312 e. The Morgan fingerprint density at radius 1 is 1.29 bits per heavy atom. The normalized spacial score (nSPS) is 10.8. The van der Waals surface area contributed by atoms with Crippen LogP contribution < -0.4 is 5.56 Å². The summed E-state index contributed by atoms with van der Waals surface area (Å²) in [7, 11) is 0. The maximum absolute atomic E-state index is 13.0. The van der Waals surface area contributed by atoms with E-state index in [2.05, 4.69) is 20.9 Å². The van der Waals surface area contributed by atoms with Crippen LogP contribution in [-0.2, 0) is 0 Å². The number of pyridine rings is 1. The van der Waals surface area contributed by atoms with Crippen molar-refractivity contribution < 1.29 is 4.39 Å². The van der Waals surface area contributed by atoms with Crippen molar-refractivity contribution in [1.82, 2.24) is 4.98 Å². The van der Waals surface area contributed by atoms with E-state index in [1.165, 1.54) is 12.1 Å². The number of aromatic amines is 1. The second-order valence-corrected chi connectivity index (χ2v) is 4.06. The molecule has 14 heavy (non-hydrogen) atoms. The minimum Gasteiger partial charge on any atom is -0.312 e. The lowest BCUT2D eigenvalue weighted by atomic mass is 10.2. The van der Waals surface area contributed by atoms with Crippen molar-refractivity contribution in [3.05, 3.63) is 44.0 Å². The monoisotopic (exact) mass is 275 g/mol. The SMILES string of the molecule is O=c1[nH]c(Cl)cc2c(Br)cc(F)cc12. The third kappa shape index (κ3) is 1.55. The number of hydrogen-bond acceptors (Lipinski definition) is 1. The number of halogens is 3. The molecule has 2 aromatic rings. The van der Waals surface area contributed by atoms with Crippen molar-refractivity contribution in [2.75, 3.05) is 0 Å². The molecule has 0 radical (unpaired) electrons. The molecule has 0 spiro atoms. The summed E-state index contributed by atoms with van der Waals surface area (Å²) in [5.74, 6) is -0.461. The zero-order valence-corrected chi connectivity index (χ0v) is 9.12. The number of aromatic nitrogens is 1. The molecular formula is C9H4BrClFNO. The fourth-order valence-corrected chi connectivity index (χ4v) is 2.00. The Morgan fingerprint density at radius 2 is 2.00 bits per heavy atom. The van der Waals surface area contributed by atoms with Crippen LogP contribution in [0.25, 0.3) is 10.8 Å². The average molecular weight is 276 g/mol. The van der Waals surface area contributed by atoms with Crippen LogP contribution in [0, 0.1) is 5.82 Å². The molecule has 0 saturated carbocycles. The maximum atomic E-state index is 13.0. The van der Waals surface area contributed by atoms with Crippen LogP contribution in [0.15, 0.2) is 27.5 Å². The zero-order valence-electron chi connectivity index (χ0n) is 6.77. The lowest BCUT2D eigenvalue weighted by Crippen LogP contribution is -2.06. The number of nitrogens with one attached hydrogen (secondary N) is 1. The molecule has 72 valence electrons. The third-order valence-corrected chi connectivity index (χ3v) is 2.70. The number of hydrogen-bond donors (Lipinski definition) is 1. The molecule has 1 heterocycles. The van der Waals surface area contributed by atoms with Crippen molar-refractivity contribution in [2.24, 2.45) is 0 Å². The first-order chi connectivity index (χ1) is 6.58. The van der Waals surface area contributed by atoms with Crippen LogP contribution >= 0.6 is 27.5 Å². The van der Waals surface area contributed by atoms with Crippen LogP contribution in [0.3, 0.4) is 0 Å². The van der Waals surface area contributed by atoms with Crippen LogP contribution in [0.1, 0.15) is 0 Å². The van der Waals surface area contributed by atoms with E-state index >= 15 is 0 Å². The van der Waals surface area contributed by atoms with E-state index in [0.717, 1.165) is 0 Å². The number of fused-ring (bicyclic) bond motifs is 1. The molecule has 0 saturated heterocycles. The van der Waals surface area contributed by atoms with Crippen molar-refractivity contribution in [2.45, 2.75) is 0 Å². The molecule has 0 atom stereocenters. The van der Waals surface area contributed by atoms with Gasteiger partial charge in [-0.3, -0.25) is 4.79 Å². The van der Waals surface area contributed by atoms with E-state index < -0.39 is 11.4 Å². The van der Waals surface area contributed by atoms with Gasteiger partial charge in [-0.05, 0) is 18.2 Å². The third-order valence-electron chi connectivity index (χ3n) is 1.84. The molecule has 2 nitrogen and oxygen atoms in total. The van der Waals surface area contributed by atoms with Gasteiger partial charge >= 0.3 is 0 Å². The van der Waals surface area contributed by atoms with Crippen LogP contribution in [0.4, 0.5) is 4.39 Å². The Bertz CT molecular complexity index is 566. The molecule has 0 unspecified atom stereocenters. The minimum atomic E-state index is -0.461. The van der Waals surface area contributed by atoms with Crippen LogP contribution in [0.2, 0.25) is 5.15 Å². The molecule has 5 heteroatoms. The molecular weight excluding hydrogens is 272 g/mol. The Labute approximate surface area is 91.8 Å². The van der Waals surface area contributed by atoms with E-state index in [9.17, 15) is 9.18 Å². The summed E-state index contributed by atoms with van der Waals surface area (Å²) in [6, 6.07) is 4.04. The molecule has 1 aromatic heterocycles. The van der Waals surface area contributed by atoms with Gasteiger partial charge in [0.25, 0.3) is 5.56 Å². The lowest BCUT2D eigenvalue weighted by molar-refractivity contribution is 0.629. The number of H-pyrrole nitrogens is 1. The highest BCUT2D eigenvalue weighted by Crippen LogP contribution is 2.24. The van der Waals surface area contributed by atoms with E-state index in [1.807, 2.05) is 0 Å². The lowest BCUT2D eigenvalue weighted by Gasteiger charge is -2.00. The predicted octanol–water partition coefficient (Wildman–Crippen LogP) is 3.08. The highest BCUT2D eigenvalue weighted by atomic mass is 79.9. The van der Waals surface area contributed by atoms with Gasteiger partial charge in [0.15, 0.2) is 0 Å². The second kappa shape index (κ2) is 3.37. The van der Waals surface area contributed by atoms with Crippen molar-refractivity contribution >= 4 is 38.3 Å². The van der Waals surface area contributed by atoms with E-state index in [-0.39, 0.29) is 10.5 Å². The standard InChI is InChI=1S/C9H4BrClFNO/c10-7-2-4(12)1-6-5(7)3-8(11)13-9(6)14/h1-3H,(H,13,14).